The van der Waals surface area contributed by atoms with E-state index in [0.717, 1.165) is 116 Å². The highest BCUT2D eigenvalue weighted by atomic mass is 16.5. The maximum Gasteiger partial charge on any atom is 0.171 e. The molecule has 5 rings (SSSR count). The number of nitrogens with zero attached hydrogens (tertiary/aromatic N) is 4. The molecule has 0 aliphatic carbocycles. The van der Waals surface area contributed by atoms with E-state index >= 15 is 0 Å². The van der Waals surface area contributed by atoms with E-state index < -0.39 is 0 Å². The van der Waals surface area contributed by atoms with Crippen molar-refractivity contribution >= 4 is 11.6 Å². The molecule has 1 aromatic rings. The number of rotatable bonds is 8. The Morgan fingerprint density at radius 3 is 1.50 bits per heavy atom. The third kappa shape index (κ3) is 5.71. The summed E-state index contributed by atoms with van der Waals surface area (Å²) < 4.78 is 23.3. The summed E-state index contributed by atoms with van der Waals surface area (Å²) in [6, 6.07) is 0. The van der Waals surface area contributed by atoms with Gasteiger partial charge in [-0.1, -0.05) is 0 Å². The fraction of sp³-hybridized carbons (Fsp3) is 0.833. The maximum atomic E-state index is 6.19. The lowest BCUT2D eigenvalue weighted by Gasteiger charge is -2.37. The van der Waals surface area contributed by atoms with Crippen molar-refractivity contribution in [3.8, 4) is 0 Å². The van der Waals surface area contributed by atoms with Gasteiger partial charge in [0.05, 0.1) is 38.6 Å². The number of ether oxygens (including phenoxy) is 4. The molecule has 5 heterocycles. The average molecular weight is 447 g/mol. The second-order valence-corrected chi connectivity index (χ2v) is 9.70. The molecule has 178 valence electrons. The van der Waals surface area contributed by atoms with Gasteiger partial charge in [-0.2, -0.15) is 0 Å². The summed E-state index contributed by atoms with van der Waals surface area (Å²) in [5.74, 6) is 3.21. The molecule has 4 saturated heterocycles. The summed E-state index contributed by atoms with van der Waals surface area (Å²) in [5.41, 5.74) is 0. The summed E-state index contributed by atoms with van der Waals surface area (Å²) in [7, 11) is 0. The Labute approximate surface area is 191 Å². The van der Waals surface area contributed by atoms with E-state index in [1.165, 1.54) is 0 Å². The van der Waals surface area contributed by atoms with Crippen LogP contribution in [0.3, 0.4) is 0 Å². The number of hydrogen-bond acceptors (Lipinski definition) is 8. The van der Waals surface area contributed by atoms with Crippen molar-refractivity contribution in [2.75, 3.05) is 75.6 Å². The first-order chi connectivity index (χ1) is 15.8. The van der Waals surface area contributed by atoms with Gasteiger partial charge in [-0.25, -0.2) is 9.97 Å². The van der Waals surface area contributed by atoms with Crippen LogP contribution in [0.4, 0.5) is 11.6 Å². The fourth-order valence-corrected chi connectivity index (χ4v) is 5.21. The van der Waals surface area contributed by atoms with Crippen molar-refractivity contribution < 1.29 is 18.9 Å². The minimum absolute atomic E-state index is 0.352. The SMILES string of the molecule is c1cnc(N2CCC(OCC3CCOC3)CC2)c(N2CCC(OCC3CCOC3)CC2)n1. The Hall–Kier alpha value is -1.48. The van der Waals surface area contributed by atoms with Crippen LogP contribution in [0.1, 0.15) is 38.5 Å². The molecule has 0 saturated carbocycles. The van der Waals surface area contributed by atoms with Crippen LogP contribution in [0.5, 0.6) is 0 Å². The molecule has 8 nitrogen and oxygen atoms in total. The predicted molar refractivity (Wildman–Crippen MR) is 122 cm³/mol. The van der Waals surface area contributed by atoms with Gasteiger partial charge in [0, 0.05) is 63.6 Å². The zero-order valence-corrected chi connectivity index (χ0v) is 19.2. The molecule has 4 aliphatic rings. The number of aromatic nitrogens is 2. The van der Waals surface area contributed by atoms with Crippen molar-refractivity contribution in [1.82, 2.24) is 9.97 Å². The van der Waals surface area contributed by atoms with Gasteiger partial charge in [-0.3, -0.25) is 0 Å². The lowest BCUT2D eigenvalue weighted by Crippen LogP contribution is -2.41. The van der Waals surface area contributed by atoms with Gasteiger partial charge >= 0.3 is 0 Å². The van der Waals surface area contributed by atoms with E-state index in [-0.39, 0.29) is 0 Å². The van der Waals surface area contributed by atoms with Gasteiger partial charge in [-0.05, 0) is 38.5 Å². The molecule has 0 aromatic carbocycles. The molecule has 0 amide bonds. The summed E-state index contributed by atoms with van der Waals surface area (Å²) in [6.45, 7) is 9.07. The van der Waals surface area contributed by atoms with E-state index in [1.807, 2.05) is 12.4 Å². The molecule has 0 radical (unpaired) electrons. The van der Waals surface area contributed by atoms with E-state index in [4.69, 9.17) is 28.9 Å². The second-order valence-electron chi connectivity index (χ2n) is 9.70. The Balaban J connectivity index is 1.09. The second kappa shape index (κ2) is 11.1. The first kappa shape index (κ1) is 22.3. The van der Waals surface area contributed by atoms with Crippen molar-refractivity contribution in [2.24, 2.45) is 11.8 Å². The molecule has 4 fully saturated rings. The minimum Gasteiger partial charge on any atom is -0.381 e. The van der Waals surface area contributed by atoms with E-state index in [1.54, 1.807) is 0 Å². The lowest BCUT2D eigenvalue weighted by atomic mass is 10.1. The molecule has 0 spiro atoms. The summed E-state index contributed by atoms with van der Waals surface area (Å²) in [4.78, 5) is 14.3. The molecule has 0 N–H and O–H groups in total. The quantitative estimate of drug-likeness (QED) is 0.603. The third-order valence-electron chi connectivity index (χ3n) is 7.33. The van der Waals surface area contributed by atoms with Gasteiger partial charge in [0.25, 0.3) is 0 Å². The molecular weight excluding hydrogens is 408 g/mol. The average Bonchev–Trinajstić information content (AvgIpc) is 3.57. The van der Waals surface area contributed by atoms with Crippen LogP contribution < -0.4 is 9.80 Å². The molecular formula is C24H38N4O4. The summed E-state index contributed by atoms with van der Waals surface area (Å²) >= 11 is 0. The molecule has 2 unspecified atom stereocenters. The first-order valence-electron chi connectivity index (χ1n) is 12.5. The van der Waals surface area contributed by atoms with Gasteiger partial charge in [0.15, 0.2) is 11.6 Å². The molecule has 4 aliphatic heterocycles. The third-order valence-corrected chi connectivity index (χ3v) is 7.33. The monoisotopic (exact) mass is 446 g/mol. The Bertz CT molecular complexity index is 636. The van der Waals surface area contributed by atoms with Crippen LogP contribution in [-0.2, 0) is 18.9 Å². The number of anilines is 2. The van der Waals surface area contributed by atoms with Crippen LogP contribution in [0, 0.1) is 11.8 Å². The lowest BCUT2D eigenvalue weighted by molar-refractivity contribution is 0.0125. The van der Waals surface area contributed by atoms with Crippen molar-refractivity contribution in [3.05, 3.63) is 12.4 Å². The number of hydrogen-bond donors (Lipinski definition) is 0. The minimum atomic E-state index is 0.352. The van der Waals surface area contributed by atoms with Crippen LogP contribution in [0.2, 0.25) is 0 Å². The Morgan fingerprint density at radius 1 is 0.688 bits per heavy atom. The van der Waals surface area contributed by atoms with Crippen molar-refractivity contribution in [2.45, 2.75) is 50.7 Å². The smallest absolute Gasteiger partial charge is 0.171 e. The molecule has 32 heavy (non-hydrogen) atoms. The Kier molecular flexibility index (Phi) is 7.74. The van der Waals surface area contributed by atoms with Crippen LogP contribution in [0.25, 0.3) is 0 Å². The highest BCUT2D eigenvalue weighted by Gasteiger charge is 2.28. The van der Waals surface area contributed by atoms with E-state index in [0.29, 0.717) is 24.0 Å². The zero-order valence-electron chi connectivity index (χ0n) is 19.2. The standard InChI is InChI=1S/C24H38N4O4/c1-9-27(10-2-21(1)31-17-19-5-13-29-15-19)23-24(26-8-7-25-23)28-11-3-22(4-12-28)32-18-20-6-14-30-16-20/h7-8,19-22H,1-6,9-18H2. The highest BCUT2D eigenvalue weighted by Crippen LogP contribution is 2.30. The largest absolute Gasteiger partial charge is 0.381 e. The fourth-order valence-electron chi connectivity index (χ4n) is 5.21. The molecule has 0 bridgehead atoms. The van der Waals surface area contributed by atoms with Gasteiger partial charge in [-0.15, -0.1) is 0 Å². The van der Waals surface area contributed by atoms with Crippen LogP contribution in [0.15, 0.2) is 12.4 Å². The van der Waals surface area contributed by atoms with Gasteiger partial charge < -0.3 is 28.7 Å². The van der Waals surface area contributed by atoms with Gasteiger partial charge in [0.2, 0.25) is 0 Å². The maximum absolute atomic E-state index is 6.19. The first-order valence-corrected chi connectivity index (χ1v) is 12.5. The molecule has 8 heteroatoms. The topological polar surface area (TPSA) is 69.2 Å². The normalized spacial score (nSPS) is 28.0. The van der Waals surface area contributed by atoms with Gasteiger partial charge in [0.1, 0.15) is 0 Å². The van der Waals surface area contributed by atoms with Crippen molar-refractivity contribution in [3.63, 3.8) is 0 Å². The Morgan fingerprint density at radius 2 is 1.12 bits per heavy atom. The summed E-state index contributed by atoms with van der Waals surface area (Å²) in [6.07, 6.45) is 10.8. The van der Waals surface area contributed by atoms with Crippen LogP contribution >= 0.6 is 0 Å². The van der Waals surface area contributed by atoms with E-state index in [9.17, 15) is 0 Å². The molecule has 2 atom stereocenters. The van der Waals surface area contributed by atoms with E-state index in [2.05, 4.69) is 9.80 Å². The highest BCUT2D eigenvalue weighted by molar-refractivity contribution is 5.62. The summed E-state index contributed by atoms with van der Waals surface area (Å²) in [5, 5.41) is 0. The van der Waals surface area contributed by atoms with Crippen LogP contribution in [-0.4, -0.2) is 88.0 Å². The zero-order chi connectivity index (χ0) is 21.6. The predicted octanol–water partition coefficient (Wildman–Crippen LogP) is 2.52. The van der Waals surface area contributed by atoms with Crippen molar-refractivity contribution in [1.29, 1.82) is 0 Å². The molecule has 1 aromatic heterocycles. The number of piperidine rings is 2.